The Kier molecular flexibility index (Phi) is 4.00. The van der Waals surface area contributed by atoms with Crippen LogP contribution in [-0.4, -0.2) is 16.5 Å². The molecule has 0 bridgehead atoms. The summed E-state index contributed by atoms with van der Waals surface area (Å²) in [6.07, 6.45) is 4.75. The van der Waals surface area contributed by atoms with Crippen molar-refractivity contribution in [3.63, 3.8) is 0 Å². The zero-order valence-electron chi connectivity index (χ0n) is 13.7. The predicted octanol–water partition coefficient (Wildman–Crippen LogP) is 2.72. The lowest BCUT2D eigenvalue weighted by Gasteiger charge is -2.45. The Bertz CT molecular complexity index is 583. The Morgan fingerprint density at radius 3 is 2.33 bits per heavy atom. The summed E-state index contributed by atoms with van der Waals surface area (Å²) in [5, 5.41) is 3.11. The molecule has 0 unspecified atom stereocenters. The standard InChI is InChI=1S/C17H26N2O2/c1-16(2)9-13(10-17(3,4)11-16)18-15(21)12-6-7-19(5)14(20)8-12/h6-8,13H,9-11H2,1-5H3,(H,18,21). The summed E-state index contributed by atoms with van der Waals surface area (Å²) in [6, 6.07) is 3.25. The number of nitrogens with zero attached hydrogens (tertiary/aromatic N) is 1. The highest BCUT2D eigenvalue weighted by Gasteiger charge is 2.38. The number of nitrogens with one attached hydrogen (secondary N) is 1. The van der Waals surface area contributed by atoms with Crippen molar-refractivity contribution in [2.45, 2.75) is 53.0 Å². The van der Waals surface area contributed by atoms with Crippen molar-refractivity contribution >= 4 is 5.91 Å². The number of carbonyl (C=O) groups excluding carboxylic acids is 1. The van der Waals surface area contributed by atoms with Gasteiger partial charge in [0.2, 0.25) is 0 Å². The van der Waals surface area contributed by atoms with Crippen LogP contribution in [0.3, 0.4) is 0 Å². The van der Waals surface area contributed by atoms with Crippen molar-refractivity contribution in [1.29, 1.82) is 0 Å². The molecule has 0 radical (unpaired) electrons. The largest absolute Gasteiger partial charge is 0.349 e. The van der Waals surface area contributed by atoms with Crippen LogP contribution in [0.5, 0.6) is 0 Å². The van der Waals surface area contributed by atoms with Crippen LogP contribution in [0.25, 0.3) is 0 Å². The van der Waals surface area contributed by atoms with E-state index in [2.05, 4.69) is 33.0 Å². The third kappa shape index (κ3) is 3.96. The minimum absolute atomic E-state index is 0.147. The zero-order valence-corrected chi connectivity index (χ0v) is 13.7. The van der Waals surface area contributed by atoms with Gasteiger partial charge in [-0.1, -0.05) is 27.7 Å². The van der Waals surface area contributed by atoms with E-state index in [9.17, 15) is 9.59 Å². The van der Waals surface area contributed by atoms with E-state index in [0.717, 1.165) is 19.3 Å². The fourth-order valence-corrected chi connectivity index (χ4v) is 3.91. The number of hydrogen-bond acceptors (Lipinski definition) is 2. The molecule has 1 fully saturated rings. The SMILES string of the molecule is Cn1ccc(C(=O)NC2CC(C)(C)CC(C)(C)C2)cc1=O. The molecule has 116 valence electrons. The first-order valence-corrected chi connectivity index (χ1v) is 7.56. The van der Waals surface area contributed by atoms with Crippen LogP contribution in [0.15, 0.2) is 23.1 Å². The van der Waals surface area contributed by atoms with E-state index < -0.39 is 0 Å². The second kappa shape index (κ2) is 5.32. The number of pyridine rings is 1. The van der Waals surface area contributed by atoms with Crippen molar-refractivity contribution in [3.05, 3.63) is 34.2 Å². The molecule has 1 aromatic heterocycles. The van der Waals surface area contributed by atoms with Crippen LogP contribution in [0.2, 0.25) is 0 Å². The maximum Gasteiger partial charge on any atom is 0.251 e. The van der Waals surface area contributed by atoms with Crippen LogP contribution in [0.1, 0.15) is 57.3 Å². The van der Waals surface area contributed by atoms with Crippen molar-refractivity contribution in [2.75, 3.05) is 0 Å². The van der Waals surface area contributed by atoms with Crippen molar-refractivity contribution in [3.8, 4) is 0 Å². The van der Waals surface area contributed by atoms with E-state index in [1.54, 1.807) is 19.3 Å². The Hall–Kier alpha value is -1.58. The van der Waals surface area contributed by atoms with Gasteiger partial charge in [0.15, 0.2) is 0 Å². The monoisotopic (exact) mass is 290 g/mol. The minimum Gasteiger partial charge on any atom is -0.349 e. The van der Waals surface area contributed by atoms with Crippen LogP contribution >= 0.6 is 0 Å². The van der Waals surface area contributed by atoms with Gasteiger partial charge in [-0.15, -0.1) is 0 Å². The number of aryl methyl sites for hydroxylation is 1. The number of hydrogen-bond donors (Lipinski definition) is 1. The summed E-state index contributed by atoms with van der Waals surface area (Å²) in [5.74, 6) is -0.147. The molecular formula is C17H26N2O2. The molecule has 0 aliphatic heterocycles. The Morgan fingerprint density at radius 1 is 1.24 bits per heavy atom. The van der Waals surface area contributed by atoms with Gasteiger partial charge in [0.1, 0.15) is 0 Å². The van der Waals surface area contributed by atoms with Crippen LogP contribution in [-0.2, 0) is 7.05 Å². The fraction of sp³-hybridized carbons (Fsp3) is 0.647. The predicted molar refractivity (Wildman–Crippen MR) is 84.4 cm³/mol. The van der Waals surface area contributed by atoms with Crippen LogP contribution < -0.4 is 10.9 Å². The van der Waals surface area contributed by atoms with Crippen LogP contribution in [0, 0.1) is 10.8 Å². The maximum absolute atomic E-state index is 12.3. The Labute approximate surface area is 126 Å². The number of aromatic nitrogens is 1. The molecule has 0 atom stereocenters. The molecule has 1 aliphatic rings. The number of amides is 1. The highest BCUT2D eigenvalue weighted by atomic mass is 16.2. The van der Waals surface area contributed by atoms with Gasteiger partial charge in [0.05, 0.1) is 0 Å². The van der Waals surface area contributed by atoms with Gasteiger partial charge >= 0.3 is 0 Å². The second-order valence-electron chi connectivity index (χ2n) is 7.95. The highest BCUT2D eigenvalue weighted by molar-refractivity contribution is 5.94. The molecule has 1 amide bonds. The molecule has 21 heavy (non-hydrogen) atoms. The first kappa shape index (κ1) is 15.8. The first-order chi connectivity index (χ1) is 9.58. The van der Waals surface area contributed by atoms with Crippen molar-refractivity contribution in [1.82, 2.24) is 9.88 Å². The minimum atomic E-state index is -0.160. The topological polar surface area (TPSA) is 51.1 Å². The summed E-state index contributed by atoms with van der Waals surface area (Å²) < 4.78 is 1.46. The van der Waals surface area contributed by atoms with Crippen molar-refractivity contribution < 1.29 is 4.79 Å². The van der Waals surface area contributed by atoms with Gasteiger partial charge in [0, 0.05) is 30.9 Å². The molecule has 2 rings (SSSR count). The summed E-state index contributed by atoms with van der Waals surface area (Å²) >= 11 is 0. The lowest BCUT2D eigenvalue weighted by atomic mass is 9.63. The molecule has 1 N–H and O–H groups in total. The molecule has 4 nitrogen and oxygen atoms in total. The lowest BCUT2D eigenvalue weighted by Crippen LogP contribution is -2.46. The Morgan fingerprint density at radius 2 is 1.81 bits per heavy atom. The molecule has 0 spiro atoms. The third-order valence-electron chi connectivity index (χ3n) is 4.26. The molecule has 1 saturated carbocycles. The third-order valence-corrected chi connectivity index (χ3v) is 4.26. The summed E-state index contributed by atoms with van der Waals surface area (Å²) in [4.78, 5) is 24.0. The fourth-order valence-electron chi connectivity index (χ4n) is 3.91. The van der Waals surface area contributed by atoms with Gasteiger partial charge in [-0.25, -0.2) is 0 Å². The van der Waals surface area contributed by atoms with E-state index in [-0.39, 0.29) is 28.3 Å². The summed E-state index contributed by atoms with van der Waals surface area (Å²) in [7, 11) is 1.68. The molecule has 1 aromatic rings. The lowest BCUT2D eigenvalue weighted by molar-refractivity contribution is 0.0713. The normalized spacial score (nSPS) is 21.0. The van der Waals surface area contributed by atoms with Gasteiger partial charge in [-0.3, -0.25) is 9.59 Å². The van der Waals surface area contributed by atoms with E-state index >= 15 is 0 Å². The van der Waals surface area contributed by atoms with Crippen molar-refractivity contribution in [2.24, 2.45) is 17.9 Å². The van der Waals surface area contributed by atoms with Gasteiger partial charge in [-0.2, -0.15) is 0 Å². The summed E-state index contributed by atoms with van der Waals surface area (Å²) in [5.41, 5.74) is 0.741. The smallest absolute Gasteiger partial charge is 0.251 e. The first-order valence-electron chi connectivity index (χ1n) is 7.56. The number of rotatable bonds is 2. The average Bonchev–Trinajstić information content (AvgIpc) is 2.28. The molecule has 1 heterocycles. The maximum atomic E-state index is 12.3. The molecule has 0 aromatic carbocycles. The average molecular weight is 290 g/mol. The van der Waals surface area contributed by atoms with E-state index in [4.69, 9.17) is 0 Å². The Balaban J connectivity index is 2.11. The van der Waals surface area contributed by atoms with E-state index in [1.165, 1.54) is 10.6 Å². The highest BCUT2D eigenvalue weighted by Crippen LogP contribution is 2.45. The molecule has 1 aliphatic carbocycles. The van der Waals surface area contributed by atoms with E-state index in [0.29, 0.717) is 5.56 Å². The molecule has 0 saturated heterocycles. The van der Waals surface area contributed by atoms with Gasteiger partial charge in [0.25, 0.3) is 11.5 Å². The van der Waals surface area contributed by atoms with Gasteiger partial charge < -0.3 is 9.88 Å². The van der Waals surface area contributed by atoms with E-state index in [1.807, 2.05) is 0 Å². The quantitative estimate of drug-likeness (QED) is 0.910. The van der Waals surface area contributed by atoms with Gasteiger partial charge in [-0.05, 0) is 36.2 Å². The number of carbonyl (C=O) groups is 1. The second-order valence-corrected chi connectivity index (χ2v) is 7.95. The molecular weight excluding hydrogens is 264 g/mol. The summed E-state index contributed by atoms with van der Waals surface area (Å²) in [6.45, 7) is 9.02. The zero-order chi connectivity index (χ0) is 15.8. The molecule has 4 heteroatoms. The van der Waals surface area contributed by atoms with Crippen LogP contribution in [0.4, 0.5) is 0 Å².